The Bertz CT molecular complexity index is 470. The number of aromatic nitrogens is 1. The van der Waals surface area contributed by atoms with Gasteiger partial charge in [-0.2, -0.15) is 0 Å². The number of thioether (sulfide) groups is 1. The van der Waals surface area contributed by atoms with Crippen molar-refractivity contribution in [1.82, 2.24) is 10.5 Å². The van der Waals surface area contributed by atoms with E-state index in [4.69, 9.17) is 4.52 Å². The maximum absolute atomic E-state index is 4.80. The van der Waals surface area contributed by atoms with Crippen LogP contribution in [-0.2, 0) is 6.54 Å². The fraction of sp³-hybridized carbons (Fsp3) is 0.250. The van der Waals surface area contributed by atoms with Crippen LogP contribution in [-0.4, -0.2) is 10.9 Å². The Kier molecular flexibility index (Phi) is 2.68. The largest absolute Gasteiger partial charge is 0.364 e. The summed E-state index contributed by atoms with van der Waals surface area (Å²) in [4.78, 5) is 1.39. The number of benzene rings is 1. The molecule has 2 heterocycles. The second-order valence-electron chi connectivity index (χ2n) is 3.77. The fourth-order valence-corrected chi connectivity index (χ4v) is 3.08. The van der Waals surface area contributed by atoms with Crippen LogP contribution < -0.4 is 5.32 Å². The molecule has 82 valence electrons. The van der Waals surface area contributed by atoms with Gasteiger partial charge < -0.3 is 9.84 Å². The second kappa shape index (κ2) is 4.31. The SMILES string of the molecule is c1ccc2c(c1)SCC2NCc1ccon1. The van der Waals surface area contributed by atoms with E-state index >= 15 is 0 Å². The summed E-state index contributed by atoms with van der Waals surface area (Å²) in [6.07, 6.45) is 1.61. The number of fused-ring (bicyclic) bond motifs is 1. The molecule has 0 bridgehead atoms. The van der Waals surface area contributed by atoms with Crippen LogP contribution in [0.3, 0.4) is 0 Å². The van der Waals surface area contributed by atoms with E-state index < -0.39 is 0 Å². The lowest BCUT2D eigenvalue weighted by atomic mass is 10.1. The first-order chi connectivity index (χ1) is 7.93. The molecule has 1 aliphatic rings. The fourth-order valence-electron chi connectivity index (χ4n) is 1.89. The summed E-state index contributed by atoms with van der Waals surface area (Å²) in [6, 6.07) is 10.9. The zero-order valence-electron chi connectivity index (χ0n) is 8.72. The minimum Gasteiger partial charge on any atom is -0.364 e. The Morgan fingerprint density at radius 2 is 2.31 bits per heavy atom. The van der Waals surface area contributed by atoms with Gasteiger partial charge in [-0.15, -0.1) is 11.8 Å². The third-order valence-electron chi connectivity index (χ3n) is 2.72. The highest BCUT2D eigenvalue weighted by Crippen LogP contribution is 2.37. The normalized spacial score (nSPS) is 18.6. The molecule has 1 atom stereocenters. The molecule has 1 aliphatic heterocycles. The number of hydrogen-bond donors (Lipinski definition) is 1. The van der Waals surface area contributed by atoms with E-state index in [0.29, 0.717) is 6.04 Å². The van der Waals surface area contributed by atoms with Crippen LogP contribution >= 0.6 is 11.8 Å². The zero-order chi connectivity index (χ0) is 10.8. The van der Waals surface area contributed by atoms with Crippen LogP contribution in [0.4, 0.5) is 0 Å². The van der Waals surface area contributed by atoms with Gasteiger partial charge in [0.2, 0.25) is 0 Å². The maximum Gasteiger partial charge on any atom is 0.124 e. The van der Waals surface area contributed by atoms with Gasteiger partial charge in [-0.3, -0.25) is 0 Å². The first-order valence-electron chi connectivity index (χ1n) is 5.28. The van der Waals surface area contributed by atoms with Gasteiger partial charge in [-0.05, 0) is 11.6 Å². The highest BCUT2D eigenvalue weighted by molar-refractivity contribution is 7.99. The van der Waals surface area contributed by atoms with E-state index in [1.165, 1.54) is 10.5 Å². The Labute approximate surface area is 98.2 Å². The number of hydrogen-bond acceptors (Lipinski definition) is 4. The molecule has 4 heteroatoms. The summed E-state index contributed by atoms with van der Waals surface area (Å²) in [5, 5.41) is 7.39. The molecule has 0 spiro atoms. The van der Waals surface area contributed by atoms with Crippen LogP contribution in [0, 0.1) is 0 Å². The van der Waals surface area contributed by atoms with Gasteiger partial charge in [-0.1, -0.05) is 23.4 Å². The lowest BCUT2D eigenvalue weighted by Crippen LogP contribution is -2.20. The Hall–Kier alpha value is -1.26. The zero-order valence-corrected chi connectivity index (χ0v) is 9.54. The number of nitrogens with zero attached hydrogens (tertiary/aromatic N) is 1. The summed E-state index contributed by atoms with van der Waals surface area (Å²) in [5.41, 5.74) is 2.35. The molecule has 0 amide bonds. The number of rotatable bonds is 3. The van der Waals surface area contributed by atoms with Crippen LogP contribution in [0.2, 0.25) is 0 Å². The van der Waals surface area contributed by atoms with Crippen molar-refractivity contribution in [3.63, 3.8) is 0 Å². The van der Waals surface area contributed by atoms with Crippen LogP contribution in [0.15, 0.2) is 46.0 Å². The molecule has 2 aromatic rings. The minimum atomic E-state index is 0.429. The number of nitrogens with one attached hydrogen (secondary N) is 1. The smallest absolute Gasteiger partial charge is 0.124 e. The van der Waals surface area contributed by atoms with Crippen molar-refractivity contribution >= 4 is 11.8 Å². The van der Waals surface area contributed by atoms with Crippen molar-refractivity contribution in [1.29, 1.82) is 0 Å². The van der Waals surface area contributed by atoms with E-state index in [-0.39, 0.29) is 0 Å². The summed E-state index contributed by atoms with van der Waals surface area (Å²) in [6.45, 7) is 0.760. The summed E-state index contributed by atoms with van der Waals surface area (Å²) in [7, 11) is 0. The average molecular weight is 232 g/mol. The van der Waals surface area contributed by atoms with Gasteiger partial charge in [0.25, 0.3) is 0 Å². The van der Waals surface area contributed by atoms with Gasteiger partial charge in [0.15, 0.2) is 0 Å². The second-order valence-corrected chi connectivity index (χ2v) is 4.83. The third-order valence-corrected chi connectivity index (χ3v) is 3.90. The standard InChI is InChI=1S/C12H12N2OS/c1-2-4-12-10(3-1)11(8-16-12)13-7-9-5-6-15-14-9/h1-6,11,13H,7-8H2. The molecular formula is C12H12N2OS. The van der Waals surface area contributed by atoms with Gasteiger partial charge in [0, 0.05) is 29.3 Å². The highest BCUT2D eigenvalue weighted by atomic mass is 32.2. The molecule has 16 heavy (non-hydrogen) atoms. The first kappa shape index (κ1) is 9.93. The molecule has 0 aliphatic carbocycles. The van der Waals surface area contributed by atoms with Crippen molar-refractivity contribution < 1.29 is 4.52 Å². The van der Waals surface area contributed by atoms with E-state index in [2.05, 4.69) is 34.7 Å². The topological polar surface area (TPSA) is 38.1 Å². The van der Waals surface area contributed by atoms with E-state index in [1.807, 2.05) is 17.8 Å². The van der Waals surface area contributed by atoms with E-state index in [9.17, 15) is 0 Å². The third kappa shape index (κ3) is 1.86. The summed E-state index contributed by atoms with van der Waals surface area (Å²) < 4.78 is 4.80. The average Bonchev–Trinajstić information content (AvgIpc) is 2.96. The molecule has 1 unspecified atom stereocenters. The lowest BCUT2D eigenvalue weighted by molar-refractivity contribution is 0.406. The van der Waals surface area contributed by atoms with Crippen molar-refractivity contribution in [3.05, 3.63) is 47.9 Å². The molecule has 0 saturated heterocycles. The highest BCUT2D eigenvalue weighted by Gasteiger charge is 2.21. The van der Waals surface area contributed by atoms with Crippen molar-refractivity contribution in [2.75, 3.05) is 5.75 Å². The maximum atomic E-state index is 4.80. The Balaban J connectivity index is 1.69. The predicted molar refractivity (Wildman–Crippen MR) is 63.2 cm³/mol. The van der Waals surface area contributed by atoms with Crippen molar-refractivity contribution in [3.8, 4) is 0 Å². The lowest BCUT2D eigenvalue weighted by Gasteiger charge is -2.11. The molecule has 3 nitrogen and oxygen atoms in total. The van der Waals surface area contributed by atoms with Gasteiger partial charge in [0.1, 0.15) is 6.26 Å². The summed E-state index contributed by atoms with van der Waals surface area (Å²) >= 11 is 1.91. The predicted octanol–water partition coefficient (Wildman–Crippen LogP) is 2.61. The Morgan fingerprint density at radius 3 is 3.19 bits per heavy atom. The molecule has 1 aromatic heterocycles. The Morgan fingerprint density at radius 1 is 1.38 bits per heavy atom. The van der Waals surface area contributed by atoms with Crippen molar-refractivity contribution in [2.24, 2.45) is 0 Å². The molecule has 0 saturated carbocycles. The monoisotopic (exact) mass is 232 g/mol. The van der Waals surface area contributed by atoms with Crippen LogP contribution in [0.1, 0.15) is 17.3 Å². The molecule has 3 rings (SSSR count). The van der Waals surface area contributed by atoms with Crippen molar-refractivity contribution in [2.45, 2.75) is 17.5 Å². The van der Waals surface area contributed by atoms with Gasteiger partial charge in [-0.25, -0.2) is 0 Å². The first-order valence-corrected chi connectivity index (χ1v) is 6.26. The van der Waals surface area contributed by atoms with Crippen LogP contribution in [0.5, 0.6) is 0 Å². The molecule has 0 fully saturated rings. The summed E-state index contributed by atoms with van der Waals surface area (Å²) in [5.74, 6) is 1.09. The minimum absolute atomic E-state index is 0.429. The van der Waals surface area contributed by atoms with E-state index in [0.717, 1.165) is 18.0 Å². The molecular weight excluding hydrogens is 220 g/mol. The van der Waals surface area contributed by atoms with Crippen LogP contribution in [0.25, 0.3) is 0 Å². The van der Waals surface area contributed by atoms with Gasteiger partial charge in [0.05, 0.1) is 5.69 Å². The quantitative estimate of drug-likeness (QED) is 0.882. The van der Waals surface area contributed by atoms with E-state index in [1.54, 1.807) is 6.26 Å². The van der Waals surface area contributed by atoms with Gasteiger partial charge >= 0.3 is 0 Å². The molecule has 1 aromatic carbocycles. The molecule has 0 radical (unpaired) electrons. The molecule has 1 N–H and O–H groups in total.